The Morgan fingerprint density at radius 3 is 2.37 bits per heavy atom. The van der Waals surface area contributed by atoms with Crippen molar-refractivity contribution in [3.05, 3.63) is 91.0 Å². The Kier molecular flexibility index (Phi) is 6.01. The largest absolute Gasteiger partial charge is 0.343 e. The molecule has 0 atom stereocenters. The molecular formula is C23H18N4O2S. The molecule has 0 spiro atoms. The first kappa shape index (κ1) is 19.6. The van der Waals surface area contributed by atoms with E-state index in [9.17, 15) is 9.59 Å². The van der Waals surface area contributed by atoms with Gasteiger partial charge >= 0.3 is 0 Å². The van der Waals surface area contributed by atoms with E-state index in [4.69, 9.17) is 0 Å². The van der Waals surface area contributed by atoms with Gasteiger partial charge in [-0.05, 0) is 41.8 Å². The van der Waals surface area contributed by atoms with Crippen molar-refractivity contribution >= 4 is 40.0 Å². The van der Waals surface area contributed by atoms with Gasteiger partial charge < -0.3 is 10.6 Å². The summed E-state index contributed by atoms with van der Waals surface area (Å²) in [4.78, 5) is 35.0. The molecule has 6 nitrogen and oxygen atoms in total. The lowest BCUT2D eigenvalue weighted by atomic mass is 10.1. The molecular weight excluding hydrogens is 396 g/mol. The van der Waals surface area contributed by atoms with Gasteiger partial charge in [0.05, 0.1) is 12.1 Å². The van der Waals surface area contributed by atoms with E-state index in [2.05, 4.69) is 20.6 Å². The number of hydrogen-bond acceptors (Lipinski definition) is 5. The fraction of sp³-hybridized carbons (Fsp3) is 0.0435. The maximum absolute atomic E-state index is 12.5. The summed E-state index contributed by atoms with van der Waals surface area (Å²) < 4.78 is 0. The van der Waals surface area contributed by atoms with Gasteiger partial charge in [-0.2, -0.15) is 0 Å². The topological polar surface area (TPSA) is 84.0 Å². The first-order valence-corrected chi connectivity index (χ1v) is 10.1. The lowest BCUT2D eigenvalue weighted by Gasteiger charge is -2.09. The Labute approximate surface area is 177 Å². The number of rotatable bonds is 6. The van der Waals surface area contributed by atoms with Crippen LogP contribution in [-0.2, 0) is 4.79 Å². The van der Waals surface area contributed by atoms with Crippen LogP contribution in [0.1, 0.15) is 10.4 Å². The number of benzene rings is 2. The highest BCUT2D eigenvalue weighted by Crippen LogP contribution is 2.27. The van der Waals surface area contributed by atoms with Crippen molar-refractivity contribution in [1.82, 2.24) is 15.3 Å². The smallest absolute Gasteiger partial charge is 0.253 e. The van der Waals surface area contributed by atoms with Crippen LogP contribution in [0.3, 0.4) is 0 Å². The van der Waals surface area contributed by atoms with Gasteiger partial charge in [0.1, 0.15) is 0 Å². The van der Waals surface area contributed by atoms with E-state index in [0.29, 0.717) is 11.3 Å². The Hall–Kier alpha value is -3.71. The van der Waals surface area contributed by atoms with Crippen LogP contribution in [0, 0.1) is 0 Å². The molecule has 2 aromatic heterocycles. The minimum atomic E-state index is -0.335. The van der Waals surface area contributed by atoms with Crippen LogP contribution in [0.15, 0.2) is 95.2 Å². The third kappa shape index (κ3) is 4.82. The molecule has 0 aliphatic heterocycles. The van der Waals surface area contributed by atoms with Crippen LogP contribution in [0.2, 0.25) is 0 Å². The maximum Gasteiger partial charge on any atom is 0.253 e. The van der Waals surface area contributed by atoms with Gasteiger partial charge in [-0.3, -0.25) is 19.6 Å². The molecule has 0 aliphatic carbocycles. The van der Waals surface area contributed by atoms with Gasteiger partial charge in [-0.15, -0.1) is 0 Å². The van der Waals surface area contributed by atoms with Gasteiger partial charge in [-0.1, -0.05) is 36.0 Å². The third-order valence-electron chi connectivity index (χ3n) is 4.35. The fourth-order valence-corrected chi connectivity index (χ4v) is 3.71. The van der Waals surface area contributed by atoms with E-state index in [1.807, 2.05) is 60.7 Å². The van der Waals surface area contributed by atoms with E-state index in [1.165, 1.54) is 6.20 Å². The van der Waals surface area contributed by atoms with Crippen molar-refractivity contribution < 1.29 is 9.59 Å². The Morgan fingerprint density at radius 2 is 1.57 bits per heavy atom. The molecule has 0 radical (unpaired) electrons. The number of aromatic nitrogens is 2. The van der Waals surface area contributed by atoms with Crippen LogP contribution in [0.5, 0.6) is 0 Å². The third-order valence-corrected chi connectivity index (χ3v) is 5.36. The summed E-state index contributed by atoms with van der Waals surface area (Å²) in [5, 5.41) is 7.12. The Morgan fingerprint density at radius 1 is 0.833 bits per heavy atom. The summed E-state index contributed by atoms with van der Waals surface area (Å²) in [5.41, 5.74) is 1.11. The predicted octanol–water partition coefficient (Wildman–Crippen LogP) is 4.15. The monoisotopic (exact) mass is 414 g/mol. The van der Waals surface area contributed by atoms with Gasteiger partial charge in [0.15, 0.2) is 0 Å². The number of amides is 2. The maximum atomic E-state index is 12.5. The van der Waals surface area contributed by atoms with E-state index in [-0.39, 0.29) is 18.4 Å². The highest BCUT2D eigenvalue weighted by molar-refractivity contribution is 7.99. The summed E-state index contributed by atoms with van der Waals surface area (Å²) >= 11 is 1.61. The molecule has 2 N–H and O–H groups in total. The quantitative estimate of drug-likeness (QED) is 0.495. The molecule has 0 unspecified atom stereocenters. The molecule has 2 heterocycles. The number of carbonyl (C=O) groups is 2. The summed E-state index contributed by atoms with van der Waals surface area (Å²) in [7, 11) is 0. The molecule has 0 fully saturated rings. The summed E-state index contributed by atoms with van der Waals surface area (Å²) in [6, 6.07) is 18.9. The van der Waals surface area contributed by atoms with Crippen molar-refractivity contribution in [3.8, 4) is 0 Å². The van der Waals surface area contributed by atoms with Crippen LogP contribution in [-0.4, -0.2) is 28.3 Å². The van der Waals surface area contributed by atoms with Crippen LogP contribution in [0.25, 0.3) is 10.8 Å². The van der Waals surface area contributed by atoms with E-state index in [1.54, 1.807) is 30.4 Å². The predicted molar refractivity (Wildman–Crippen MR) is 118 cm³/mol. The molecule has 4 aromatic rings. The van der Waals surface area contributed by atoms with Gasteiger partial charge in [0, 0.05) is 45.7 Å². The molecule has 0 aliphatic rings. The highest BCUT2D eigenvalue weighted by Gasteiger charge is 2.12. The van der Waals surface area contributed by atoms with Crippen LogP contribution < -0.4 is 10.6 Å². The normalized spacial score (nSPS) is 10.5. The summed E-state index contributed by atoms with van der Waals surface area (Å²) in [5.74, 6) is -0.635. The minimum Gasteiger partial charge on any atom is -0.343 e. The number of anilines is 1. The number of pyridine rings is 2. The second-order valence-corrected chi connectivity index (χ2v) is 7.60. The lowest BCUT2D eigenvalue weighted by Crippen LogP contribution is -2.33. The zero-order valence-corrected chi connectivity index (χ0v) is 16.7. The van der Waals surface area contributed by atoms with Crippen molar-refractivity contribution in [2.45, 2.75) is 9.79 Å². The van der Waals surface area contributed by atoms with Gasteiger partial charge in [-0.25, -0.2) is 0 Å². The number of carbonyl (C=O) groups excluding carboxylic acids is 2. The van der Waals surface area contributed by atoms with Crippen molar-refractivity contribution in [2.75, 3.05) is 11.9 Å². The molecule has 0 saturated carbocycles. The number of hydrogen-bond donors (Lipinski definition) is 2. The standard InChI is InChI=1S/C23H18N4O2S/c28-22(15-26-23(29)21-14-25-13-16-3-1-2-4-20(16)21)27-17-5-7-18(8-6-17)30-19-9-11-24-12-10-19/h1-14H,15H2,(H,26,29)(H,27,28). The molecule has 0 bridgehead atoms. The van der Waals surface area contributed by atoms with E-state index in [0.717, 1.165) is 20.6 Å². The summed E-state index contributed by atoms with van der Waals surface area (Å²) in [6.45, 7) is -0.129. The summed E-state index contributed by atoms with van der Waals surface area (Å²) in [6.07, 6.45) is 6.71. The van der Waals surface area contributed by atoms with Crippen molar-refractivity contribution in [1.29, 1.82) is 0 Å². The molecule has 2 amide bonds. The molecule has 30 heavy (non-hydrogen) atoms. The Balaban J connectivity index is 1.33. The molecule has 7 heteroatoms. The first-order valence-electron chi connectivity index (χ1n) is 9.28. The highest BCUT2D eigenvalue weighted by atomic mass is 32.2. The average Bonchev–Trinajstić information content (AvgIpc) is 2.79. The molecule has 148 valence electrons. The van der Waals surface area contributed by atoms with E-state index < -0.39 is 0 Å². The average molecular weight is 414 g/mol. The molecule has 0 saturated heterocycles. The van der Waals surface area contributed by atoms with Crippen molar-refractivity contribution in [2.24, 2.45) is 0 Å². The SMILES string of the molecule is O=C(CNC(=O)c1cncc2ccccc12)Nc1ccc(Sc2ccncc2)cc1. The Bertz CT molecular complexity index is 1180. The lowest BCUT2D eigenvalue weighted by molar-refractivity contribution is -0.115. The zero-order chi connectivity index (χ0) is 20.8. The van der Waals surface area contributed by atoms with Crippen LogP contribution in [0.4, 0.5) is 5.69 Å². The zero-order valence-electron chi connectivity index (χ0n) is 15.9. The van der Waals surface area contributed by atoms with Crippen molar-refractivity contribution in [3.63, 3.8) is 0 Å². The van der Waals surface area contributed by atoms with Gasteiger partial charge in [0.25, 0.3) is 5.91 Å². The second-order valence-electron chi connectivity index (χ2n) is 6.45. The number of fused-ring (bicyclic) bond motifs is 1. The first-order chi connectivity index (χ1) is 14.7. The van der Waals surface area contributed by atoms with Crippen LogP contribution >= 0.6 is 11.8 Å². The second kappa shape index (κ2) is 9.19. The minimum absolute atomic E-state index is 0.129. The fourth-order valence-electron chi connectivity index (χ4n) is 2.91. The number of nitrogens with one attached hydrogen (secondary N) is 2. The number of nitrogens with zero attached hydrogens (tertiary/aromatic N) is 2. The molecule has 4 rings (SSSR count). The van der Waals surface area contributed by atoms with E-state index >= 15 is 0 Å². The van der Waals surface area contributed by atoms with Gasteiger partial charge in [0.2, 0.25) is 5.91 Å². The molecule has 2 aromatic carbocycles.